The van der Waals surface area contributed by atoms with Gasteiger partial charge in [0, 0.05) is 18.1 Å². The number of aryl methyl sites for hydroxylation is 1. The number of fused-ring (bicyclic) bond motifs is 2. The van der Waals surface area contributed by atoms with Gasteiger partial charge >= 0.3 is 5.97 Å². The second-order valence-electron chi connectivity index (χ2n) is 7.91. The fraction of sp³-hybridized carbons (Fsp3) is 0.333. The number of ether oxygens (including phenoxy) is 3. The number of esters is 1. The molecule has 0 N–H and O–H groups in total. The average Bonchev–Trinajstić information content (AvgIpc) is 2.82. The number of benzene rings is 2. The van der Waals surface area contributed by atoms with Crippen LogP contribution in [0.3, 0.4) is 0 Å². The van der Waals surface area contributed by atoms with Crippen molar-refractivity contribution in [2.24, 2.45) is 0 Å². The van der Waals surface area contributed by atoms with Crippen molar-refractivity contribution in [1.82, 2.24) is 9.29 Å². The fourth-order valence-electron chi connectivity index (χ4n) is 4.32. The Labute approximate surface area is 193 Å². The fourth-order valence-corrected chi connectivity index (χ4v) is 6.10. The number of pyridine rings is 1. The van der Waals surface area contributed by atoms with Crippen LogP contribution in [-0.4, -0.2) is 51.6 Å². The number of para-hydroxylation sites is 1. The van der Waals surface area contributed by atoms with E-state index in [0.29, 0.717) is 29.0 Å². The Morgan fingerprint density at radius 1 is 1.12 bits per heavy atom. The number of nitrogens with zero attached hydrogens (tertiary/aromatic N) is 2. The standard InChI is InChI=1S/C24H26N2O6S/c1-15-10-17-6-5-7-22(24(17)25-14-15)33(28,29)26-9-8-16-11-20(30-2)21(31-3)12-18(16)19(26)13-23(27)32-4/h5-7,10-12,14,19H,8-9,13H2,1-4H3/t19-/m0/s1. The molecule has 1 aliphatic heterocycles. The molecule has 3 aromatic rings. The summed E-state index contributed by atoms with van der Waals surface area (Å²) in [6.07, 6.45) is 1.98. The van der Waals surface area contributed by atoms with Gasteiger partial charge in [-0.2, -0.15) is 4.31 Å². The maximum Gasteiger partial charge on any atom is 0.307 e. The van der Waals surface area contributed by atoms with Gasteiger partial charge in [0.1, 0.15) is 4.90 Å². The first-order valence-corrected chi connectivity index (χ1v) is 11.9. The third-order valence-corrected chi connectivity index (χ3v) is 7.88. The molecule has 1 atom stereocenters. The van der Waals surface area contributed by atoms with Crippen molar-refractivity contribution >= 4 is 26.9 Å². The first-order valence-electron chi connectivity index (χ1n) is 10.5. The van der Waals surface area contributed by atoms with E-state index in [9.17, 15) is 13.2 Å². The van der Waals surface area contributed by atoms with Crippen molar-refractivity contribution in [3.63, 3.8) is 0 Å². The third-order valence-electron chi connectivity index (χ3n) is 5.94. The Morgan fingerprint density at radius 3 is 2.55 bits per heavy atom. The molecular formula is C24H26N2O6S. The molecule has 0 fully saturated rings. The van der Waals surface area contributed by atoms with E-state index in [0.717, 1.165) is 16.5 Å². The molecule has 0 saturated heterocycles. The van der Waals surface area contributed by atoms with Crippen LogP contribution < -0.4 is 9.47 Å². The van der Waals surface area contributed by atoms with Gasteiger partial charge in [-0.1, -0.05) is 12.1 Å². The van der Waals surface area contributed by atoms with Crippen LogP contribution in [0.15, 0.2) is 47.5 Å². The van der Waals surface area contributed by atoms with Crippen molar-refractivity contribution in [3.8, 4) is 11.5 Å². The highest BCUT2D eigenvalue weighted by Crippen LogP contribution is 2.42. The van der Waals surface area contributed by atoms with Gasteiger partial charge in [0.15, 0.2) is 11.5 Å². The predicted octanol–water partition coefficient (Wildman–Crippen LogP) is 3.41. The quantitative estimate of drug-likeness (QED) is 0.510. The van der Waals surface area contributed by atoms with Gasteiger partial charge in [-0.15, -0.1) is 0 Å². The van der Waals surface area contributed by atoms with Crippen molar-refractivity contribution in [2.75, 3.05) is 27.9 Å². The van der Waals surface area contributed by atoms with Crippen LogP contribution in [0.2, 0.25) is 0 Å². The first kappa shape index (κ1) is 23.0. The molecule has 2 aromatic carbocycles. The minimum atomic E-state index is -3.99. The molecule has 4 rings (SSSR count). The Hall–Kier alpha value is -3.17. The van der Waals surface area contributed by atoms with Crippen LogP contribution in [0.1, 0.15) is 29.2 Å². The lowest BCUT2D eigenvalue weighted by Gasteiger charge is -2.36. The van der Waals surface area contributed by atoms with E-state index in [1.807, 2.05) is 25.1 Å². The van der Waals surface area contributed by atoms with Gasteiger partial charge in [-0.05, 0) is 54.3 Å². The van der Waals surface area contributed by atoms with Crippen LogP contribution in [0.25, 0.3) is 10.9 Å². The van der Waals surface area contributed by atoms with Gasteiger partial charge in [0.2, 0.25) is 10.0 Å². The Morgan fingerprint density at radius 2 is 1.85 bits per heavy atom. The monoisotopic (exact) mass is 470 g/mol. The Balaban J connectivity index is 1.87. The molecule has 0 saturated carbocycles. The summed E-state index contributed by atoms with van der Waals surface area (Å²) in [5.41, 5.74) is 2.93. The van der Waals surface area contributed by atoms with Crippen LogP contribution in [-0.2, 0) is 26.0 Å². The molecule has 0 spiro atoms. The molecule has 33 heavy (non-hydrogen) atoms. The molecule has 9 heteroatoms. The molecule has 0 radical (unpaired) electrons. The second-order valence-corrected chi connectivity index (χ2v) is 9.77. The van der Waals surface area contributed by atoms with Gasteiger partial charge < -0.3 is 14.2 Å². The summed E-state index contributed by atoms with van der Waals surface area (Å²) in [6, 6.07) is 9.82. The van der Waals surface area contributed by atoms with E-state index in [2.05, 4.69) is 4.98 Å². The largest absolute Gasteiger partial charge is 0.493 e. The number of methoxy groups -OCH3 is 3. The number of carbonyl (C=O) groups is 1. The van der Waals surface area contributed by atoms with E-state index in [1.54, 1.807) is 31.5 Å². The molecule has 0 unspecified atom stereocenters. The lowest BCUT2D eigenvalue weighted by molar-refractivity contribution is -0.141. The van der Waals surface area contributed by atoms with Gasteiger partial charge in [-0.25, -0.2) is 8.42 Å². The minimum absolute atomic E-state index is 0.110. The number of rotatable bonds is 6. The van der Waals surface area contributed by atoms with Crippen LogP contribution in [0.5, 0.6) is 11.5 Å². The molecule has 8 nitrogen and oxygen atoms in total. The van der Waals surface area contributed by atoms with Crippen LogP contribution in [0.4, 0.5) is 0 Å². The van der Waals surface area contributed by atoms with E-state index >= 15 is 0 Å². The highest BCUT2D eigenvalue weighted by Gasteiger charge is 2.39. The van der Waals surface area contributed by atoms with Gasteiger partial charge in [0.25, 0.3) is 0 Å². The third kappa shape index (κ3) is 4.14. The maximum atomic E-state index is 13.9. The maximum absolute atomic E-state index is 13.9. The summed E-state index contributed by atoms with van der Waals surface area (Å²) in [4.78, 5) is 16.8. The molecular weight excluding hydrogens is 444 g/mol. The van der Waals surface area contributed by atoms with Crippen molar-refractivity contribution in [2.45, 2.75) is 30.7 Å². The Kier molecular flexibility index (Phi) is 6.27. The van der Waals surface area contributed by atoms with E-state index in [-0.39, 0.29) is 17.9 Å². The lowest BCUT2D eigenvalue weighted by Crippen LogP contribution is -2.41. The zero-order valence-electron chi connectivity index (χ0n) is 19.0. The molecule has 2 heterocycles. The number of hydrogen-bond acceptors (Lipinski definition) is 7. The molecule has 1 aromatic heterocycles. The van der Waals surface area contributed by atoms with Crippen LogP contribution in [0, 0.1) is 6.92 Å². The second kappa shape index (κ2) is 8.99. The SMILES string of the molecule is COC(=O)C[C@H]1c2cc(OC)c(OC)cc2CCN1S(=O)(=O)c1cccc2cc(C)cnc12. The molecule has 0 bridgehead atoms. The highest BCUT2D eigenvalue weighted by molar-refractivity contribution is 7.89. The van der Waals surface area contributed by atoms with Crippen LogP contribution >= 0.6 is 0 Å². The minimum Gasteiger partial charge on any atom is -0.493 e. The zero-order chi connectivity index (χ0) is 23.8. The van der Waals surface area contributed by atoms with E-state index in [4.69, 9.17) is 14.2 Å². The molecule has 0 aliphatic carbocycles. The summed E-state index contributed by atoms with van der Waals surface area (Å²) < 4.78 is 45.0. The van der Waals surface area contributed by atoms with Gasteiger partial charge in [0.05, 0.1) is 39.3 Å². The molecule has 0 amide bonds. The number of sulfonamides is 1. The lowest BCUT2D eigenvalue weighted by atomic mass is 9.91. The molecule has 174 valence electrons. The molecule has 1 aliphatic rings. The summed E-state index contributed by atoms with van der Waals surface area (Å²) in [6.45, 7) is 2.11. The van der Waals surface area contributed by atoms with Crippen molar-refractivity contribution in [1.29, 1.82) is 0 Å². The average molecular weight is 471 g/mol. The predicted molar refractivity (Wildman–Crippen MR) is 123 cm³/mol. The number of hydrogen-bond donors (Lipinski definition) is 0. The Bertz CT molecular complexity index is 1320. The summed E-state index contributed by atoms with van der Waals surface area (Å²) in [7, 11) is 0.358. The number of carbonyl (C=O) groups excluding carboxylic acids is 1. The topological polar surface area (TPSA) is 95.0 Å². The highest BCUT2D eigenvalue weighted by atomic mass is 32.2. The van der Waals surface area contributed by atoms with Crippen molar-refractivity contribution < 1.29 is 27.4 Å². The van der Waals surface area contributed by atoms with E-state index < -0.39 is 22.0 Å². The normalized spacial score (nSPS) is 16.3. The summed E-state index contributed by atoms with van der Waals surface area (Å²) in [5, 5.41) is 0.740. The smallest absolute Gasteiger partial charge is 0.307 e. The number of aromatic nitrogens is 1. The zero-order valence-corrected chi connectivity index (χ0v) is 19.8. The van der Waals surface area contributed by atoms with Crippen molar-refractivity contribution in [3.05, 3.63) is 59.3 Å². The first-order chi connectivity index (χ1) is 15.8. The van der Waals surface area contributed by atoms with E-state index in [1.165, 1.54) is 18.5 Å². The van der Waals surface area contributed by atoms with Gasteiger partial charge in [-0.3, -0.25) is 9.78 Å². The summed E-state index contributed by atoms with van der Waals surface area (Å²) >= 11 is 0. The summed E-state index contributed by atoms with van der Waals surface area (Å²) in [5.74, 6) is 0.514.